The van der Waals surface area contributed by atoms with Crippen molar-refractivity contribution in [3.8, 4) is 0 Å². The second-order valence-corrected chi connectivity index (χ2v) is 3.69. The smallest absolute Gasteiger partial charge is 0.246 e. The minimum absolute atomic E-state index is 0.517. The SMILES string of the molecule is CCCc1noc(Cn2cccc2CN)n1. The van der Waals surface area contributed by atoms with Crippen LogP contribution in [0, 0.1) is 0 Å². The Hall–Kier alpha value is -1.62. The van der Waals surface area contributed by atoms with Gasteiger partial charge in [0.2, 0.25) is 5.89 Å². The van der Waals surface area contributed by atoms with Gasteiger partial charge in [0.05, 0.1) is 0 Å². The first-order valence-corrected chi connectivity index (χ1v) is 5.49. The molecule has 0 bridgehead atoms. The Labute approximate surface area is 94.3 Å². The number of aryl methyl sites for hydroxylation is 1. The molecule has 0 atom stereocenters. The first kappa shape index (κ1) is 10.9. The van der Waals surface area contributed by atoms with Gasteiger partial charge in [-0.05, 0) is 18.6 Å². The standard InChI is InChI=1S/C11H16N4O/c1-2-4-10-13-11(16-14-10)8-15-6-3-5-9(15)7-12/h3,5-6H,2,4,7-8,12H2,1H3. The van der Waals surface area contributed by atoms with Crippen molar-refractivity contribution in [1.29, 1.82) is 0 Å². The van der Waals surface area contributed by atoms with Gasteiger partial charge < -0.3 is 14.8 Å². The third-order valence-electron chi connectivity index (χ3n) is 2.42. The highest BCUT2D eigenvalue weighted by Gasteiger charge is 2.07. The highest BCUT2D eigenvalue weighted by atomic mass is 16.5. The highest BCUT2D eigenvalue weighted by molar-refractivity contribution is 5.07. The largest absolute Gasteiger partial charge is 0.341 e. The summed E-state index contributed by atoms with van der Waals surface area (Å²) in [5.41, 5.74) is 6.68. The van der Waals surface area contributed by atoms with Crippen molar-refractivity contribution < 1.29 is 4.52 Å². The highest BCUT2D eigenvalue weighted by Crippen LogP contribution is 2.06. The fraction of sp³-hybridized carbons (Fsp3) is 0.455. The normalized spacial score (nSPS) is 10.9. The Balaban J connectivity index is 2.08. The van der Waals surface area contributed by atoms with Crippen molar-refractivity contribution >= 4 is 0 Å². The van der Waals surface area contributed by atoms with E-state index in [2.05, 4.69) is 17.1 Å². The second-order valence-electron chi connectivity index (χ2n) is 3.69. The number of hydrogen-bond donors (Lipinski definition) is 1. The van der Waals surface area contributed by atoms with Gasteiger partial charge in [-0.3, -0.25) is 0 Å². The number of aromatic nitrogens is 3. The molecule has 5 heteroatoms. The van der Waals surface area contributed by atoms with Gasteiger partial charge in [0, 0.05) is 24.9 Å². The van der Waals surface area contributed by atoms with E-state index in [1.807, 2.05) is 22.9 Å². The fourth-order valence-corrected chi connectivity index (χ4v) is 1.61. The molecule has 2 rings (SSSR count). The molecule has 16 heavy (non-hydrogen) atoms. The number of hydrogen-bond acceptors (Lipinski definition) is 4. The van der Waals surface area contributed by atoms with Crippen molar-refractivity contribution in [3.05, 3.63) is 35.7 Å². The Morgan fingerprint density at radius 2 is 2.38 bits per heavy atom. The lowest BCUT2D eigenvalue weighted by molar-refractivity contribution is 0.365. The van der Waals surface area contributed by atoms with Crippen molar-refractivity contribution in [3.63, 3.8) is 0 Å². The van der Waals surface area contributed by atoms with Gasteiger partial charge in [-0.1, -0.05) is 12.1 Å². The Morgan fingerprint density at radius 3 is 3.12 bits per heavy atom. The molecule has 0 radical (unpaired) electrons. The van der Waals surface area contributed by atoms with Gasteiger partial charge in [0.15, 0.2) is 5.82 Å². The number of nitrogens with zero attached hydrogens (tertiary/aromatic N) is 3. The van der Waals surface area contributed by atoms with Gasteiger partial charge in [-0.2, -0.15) is 4.98 Å². The van der Waals surface area contributed by atoms with E-state index in [1.54, 1.807) is 0 Å². The van der Waals surface area contributed by atoms with Crippen molar-refractivity contribution in [1.82, 2.24) is 14.7 Å². The van der Waals surface area contributed by atoms with Gasteiger partial charge in [0.1, 0.15) is 6.54 Å². The molecule has 0 spiro atoms. The van der Waals surface area contributed by atoms with Gasteiger partial charge in [-0.15, -0.1) is 0 Å². The maximum Gasteiger partial charge on any atom is 0.246 e. The number of rotatable bonds is 5. The summed E-state index contributed by atoms with van der Waals surface area (Å²) in [6.07, 6.45) is 3.85. The van der Waals surface area contributed by atoms with E-state index >= 15 is 0 Å². The molecule has 0 aromatic carbocycles. The van der Waals surface area contributed by atoms with Crippen LogP contribution in [-0.4, -0.2) is 14.7 Å². The molecule has 0 saturated carbocycles. The molecule has 0 amide bonds. The molecule has 5 nitrogen and oxygen atoms in total. The van der Waals surface area contributed by atoms with Crippen LogP contribution in [0.15, 0.2) is 22.9 Å². The molecule has 86 valence electrons. The van der Waals surface area contributed by atoms with Crippen LogP contribution in [0.25, 0.3) is 0 Å². The summed E-state index contributed by atoms with van der Waals surface area (Å²) in [7, 11) is 0. The summed E-state index contributed by atoms with van der Waals surface area (Å²) >= 11 is 0. The van der Waals surface area contributed by atoms with Gasteiger partial charge in [0.25, 0.3) is 0 Å². The van der Waals surface area contributed by atoms with E-state index in [9.17, 15) is 0 Å². The maximum absolute atomic E-state index is 5.61. The topological polar surface area (TPSA) is 69.9 Å². The minimum Gasteiger partial charge on any atom is -0.341 e. The van der Waals surface area contributed by atoms with E-state index < -0.39 is 0 Å². The average Bonchev–Trinajstić information content (AvgIpc) is 2.89. The fourth-order valence-electron chi connectivity index (χ4n) is 1.61. The van der Waals surface area contributed by atoms with E-state index in [-0.39, 0.29) is 0 Å². The van der Waals surface area contributed by atoms with E-state index in [1.165, 1.54) is 0 Å². The summed E-state index contributed by atoms with van der Waals surface area (Å²) in [6.45, 7) is 3.20. The van der Waals surface area contributed by atoms with Crippen LogP contribution in [0.4, 0.5) is 0 Å². The van der Waals surface area contributed by atoms with Crippen LogP contribution in [-0.2, 0) is 19.5 Å². The molecule has 0 fully saturated rings. The molecular formula is C11H16N4O. The third-order valence-corrected chi connectivity index (χ3v) is 2.42. The lowest BCUT2D eigenvalue weighted by Gasteiger charge is -2.02. The Kier molecular flexibility index (Phi) is 3.36. The first-order valence-electron chi connectivity index (χ1n) is 5.49. The lowest BCUT2D eigenvalue weighted by Crippen LogP contribution is -2.07. The molecule has 0 saturated heterocycles. The van der Waals surface area contributed by atoms with Crippen LogP contribution < -0.4 is 5.73 Å². The first-order chi connectivity index (χ1) is 7.83. The molecule has 2 aromatic rings. The zero-order valence-electron chi connectivity index (χ0n) is 9.39. The van der Waals surface area contributed by atoms with Crippen molar-refractivity contribution in [2.45, 2.75) is 32.9 Å². The summed E-state index contributed by atoms with van der Waals surface area (Å²) in [4.78, 5) is 4.31. The van der Waals surface area contributed by atoms with Crippen LogP contribution in [0.1, 0.15) is 30.8 Å². The Bertz CT molecular complexity index is 446. The monoisotopic (exact) mass is 220 g/mol. The van der Waals surface area contributed by atoms with Crippen LogP contribution >= 0.6 is 0 Å². The van der Waals surface area contributed by atoms with E-state index in [4.69, 9.17) is 10.3 Å². The molecular weight excluding hydrogens is 204 g/mol. The molecule has 0 aliphatic rings. The zero-order valence-corrected chi connectivity index (χ0v) is 9.39. The summed E-state index contributed by atoms with van der Waals surface area (Å²) < 4.78 is 7.18. The van der Waals surface area contributed by atoms with Gasteiger partial charge >= 0.3 is 0 Å². The molecule has 0 unspecified atom stereocenters. The van der Waals surface area contributed by atoms with Crippen LogP contribution in [0.5, 0.6) is 0 Å². The molecule has 2 aromatic heterocycles. The summed E-state index contributed by atoms with van der Waals surface area (Å²) in [6, 6.07) is 3.95. The van der Waals surface area contributed by atoms with E-state index in [0.717, 1.165) is 24.4 Å². The van der Waals surface area contributed by atoms with Crippen LogP contribution in [0.3, 0.4) is 0 Å². The van der Waals surface area contributed by atoms with Crippen molar-refractivity contribution in [2.24, 2.45) is 5.73 Å². The lowest BCUT2D eigenvalue weighted by atomic mass is 10.3. The molecule has 0 aliphatic heterocycles. The van der Waals surface area contributed by atoms with Crippen LogP contribution in [0.2, 0.25) is 0 Å². The Morgan fingerprint density at radius 1 is 1.50 bits per heavy atom. The van der Waals surface area contributed by atoms with Crippen molar-refractivity contribution in [2.75, 3.05) is 0 Å². The summed E-state index contributed by atoms with van der Waals surface area (Å²) in [5, 5.41) is 3.91. The third kappa shape index (κ3) is 2.30. The predicted molar refractivity (Wildman–Crippen MR) is 59.7 cm³/mol. The summed E-state index contributed by atoms with van der Waals surface area (Å²) in [5.74, 6) is 1.41. The zero-order chi connectivity index (χ0) is 11.4. The number of nitrogens with two attached hydrogens (primary N) is 1. The average molecular weight is 220 g/mol. The van der Waals surface area contributed by atoms with E-state index in [0.29, 0.717) is 19.0 Å². The molecule has 2 N–H and O–H groups in total. The quantitative estimate of drug-likeness (QED) is 0.825. The maximum atomic E-state index is 5.61. The molecule has 2 heterocycles. The second kappa shape index (κ2) is 4.94. The minimum atomic E-state index is 0.517. The molecule has 0 aliphatic carbocycles. The van der Waals surface area contributed by atoms with Gasteiger partial charge in [-0.25, -0.2) is 0 Å². The predicted octanol–water partition coefficient (Wildman–Crippen LogP) is 1.33.